The summed E-state index contributed by atoms with van der Waals surface area (Å²) >= 11 is 0. The van der Waals surface area contributed by atoms with E-state index in [9.17, 15) is 0 Å². The highest BCUT2D eigenvalue weighted by Gasteiger charge is 2.15. The van der Waals surface area contributed by atoms with Crippen molar-refractivity contribution < 1.29 is 4.74 Å². The van der Waals surface area contributed by atoms with Crippen molar-refractivity contribution in [3.05, 3.63) is 29.6 Å². The number of pyridine rings is 1. The molecule has 1 heterocycles. The number of nitrogen functional groups attached to an aromatic ring is 1. The molecule has 0 fully saturated rings. The number of nitrogens with two attached hydrogens (primary N) is 1. The molecule has 0 aliphatic carbocycles. The maximum absolute atomic E-state index is 7.58. The van der Waals surface area contributed by atoms with E-state index in [0.29, 0.717) is 18.3 Å². The van der Waals surface area contributed by atoms with Gasteiger partial charge in [0, 0.05) is 32.4 Å². The predicted octanol–water partition coefficient (Wildman–Crippen LogP) is 1.61. The lowest BCUT2D eigenvalue weighted by atomic mass is 10.1. The minimum Gasteiger partial charge on any atom is -0.383 e. The number of ether oxygens (including phenoxy) is 1. The van der Waals surface area contributed by atoms with Crippen LogP contribution in [0.25, 0.3) is 0 Å². The van der Waals surface area contributed by atoms with Gasteiger partial charge in [0.1, 0.15) is 11.5 Å². The van der Waals surface area contributed by atoms with Gasteiger partial charge in [0.2, 0.25) is 0 Å². The van der Waals surface area contributed by atoms with Crippen molar-refractivity contribution in [3.8, 4) is 0 Å². The first-order valence-corrected chi connectivity index (χ1v) is 6.61. The van der Waals surface area contributed by atoms with Crippen LogP contribution in [-0.2, 0) is 11.3 Å². The lowest BCUT2D eigenvalue weighted by Gasteiger charge is -2.28. The molecule has 0 amide bonds. The fourth-order valence-corrected chi connectivity index (χ4v) is 1.95. The molecule has 1 atom stereocenters. The fraction of sp³-hybridized carbons (Fsp3) is 0.571. The van der Waals surface area contributed by atoms with E-state index >= 15 is 0 Å². The second-order valence-electron chi connectivity index (χ2n) is 4.65. The van der Waals surface area contributed by atoms with Gasteiger partial charge in [-0.15, -0.1) is 0 Å². The molecule has 0 saturated heterocycles. The zero-order chi connectivity index (χ0) is 14.3. The molecule has 0 aliphatic heterocycles. The molecular weight excluding hydrogens is 240 g/mol. The second-order valence-corrected chi connectivity index (χ2v) is 4.65. The van der Waals surface area contributed by atoms with Gasteiger partial charge in [-0.25, -0.2) is 0 Å². The van der Waals surface area contributed by atoms with E-state index in [1.165, 1.54) is 0 Å². The molecule has 0 aromatic carbocycles. The highest BCUT2D eigenvalue weighted by atomic mass is 16.5. The number of aromatic nitrogens is 1. The number of methoxy groups -OCH3 is 1. The topological polar surface area (TPSA) is 75.2 Å². The quantitative estimate of drug-likeness (QED) is 0.552. The molecular formula is C14H24N4O. The zero-order valence-electron chi connectivity index (χ0n) is 12.0. The van der Waals surface area contributed by atoms with Crippen molar-refractivity contribution >= 4 is 5.84 Å². The first-order chi connectivity index (χ1) is 9.10. The average Bonchev–Trinajstić information content (AvgIpc) is 2.42. The first-order valence-electron chi connectivity index (χ1n) is 6.61. The molecule has 0 bridgehead atoms. The molecule has 5 heteroatoms. The molecule has 1 aromatic heterocycles. The van der Waals surface area contributed by atoms with Crippen LogP contribution >= 0.6 is 0 Å². The predicted molar refractivity (Wildman–Crippen MR) is 77.3 cm³/mol. The molecule has 5 nitrogen and oxygen atoms in total. The molecule has 0 radical (unpaired) electrons. The fourth-order valence-electron chi connectivity index (χ4n) is 1.95. The highest BCUT2D eigenvalue weighted by molar-refractivity contribution is 5.94. The van der Waals surface area contributed by atoms with Gasteiger partial charge in [0.05, 0.1) is 6.61 Å². The summed E-state index contributed by atoms with van der Waals surface area (Å²) < 4.78 is 5.16. The van der Waals surface area contributed by atoms with E-state index in [1.807, 2.05) is 12.1 Å². The van der Waals surface area contributed by atoms with E-state index in [-0.39, 0.29) is 5.84 Å². The monoisotopic (exact) mass is 264 g/mol. The lowest BCUT2D eigenvalue weighted by Crippen LogP contribution is -2.35. The summed E-state index contributed by atoms with van der Waals surface area (Å²) in [7, 11) is 1.71. The molecule has 0 saturated carbocycles. The Morgan fingerprint density at radius 2 is 2.32 bits per heavy atom. The van der Waals surface area contributed by atoms with Gasteiger partial charge in [-0.1, -0.05) is 13.0 Å². The van der Waals surface area contributed by atoms with Crippen molar-refractivity contribution in [1.29, 1.82) is 5.41 Å². The zero-order valence-corrected chi connectivity index (χ0v) is 12.0. The lowest BCUT2D eigenvalue weighted by molar-refractivity contribution is 0.118. The Morgan fingerprint density at radius 1 is 1.58 bits per heavy atom. The van der Waals surface area contributed by atoms with Gasteiger partial charge in [-0.3, -0.25) is 15.3 Å². The van der Waals surface area contributed by atoms with Gasteiger partial charge < -0.3 is 10.5 Å². The minimum absolute atomic E-state index is 0.0199. The summed E-state index contributed by atoms with van der Waals surface area (Å²) in [6.07, 6.45) is 2.74. The number of hydrogen-bond acceptors (Lipinski definition) is 4. The van der Waals surface area contributed by atoms with Crippen LogP contribution in [0.1, 0.15) is 31.5 Å². The van der Waals surface area contributed by atoms with E-state index < -0.39 is 0 Å². The Hall–Kier alpha value is -1.46. The smallest absolute Gasteiger partial charge is 0.142 e. The summed E-state index contributed by atoms with van der Waals surface area (Å²) in [6.45, 7) is 6.65. The van der Waals surface area contributed by atoms with Gasteiger partial charge in [-0.2, -0.15) is 0 Å². The summed E-state index contributed by atoms with van der Waals surface area (Å²) in [6, 6.07) is 4.31. The molecule has 3 N–H and O–H groups in total. The Balaban J connectivity index is 2.86. The molecule has 1 aromatic rings. The van der Waals surface area contributed by atoms with E-state index in [1.54, 1.807) is 13.3 Å². The van der Waals surface area contributed by atoms with Crippen LogP contribution in [0.3, 0.4) is 0 Å². The van der Waals surface area contributed by atoms with Crippen LogP contribution in [0, 0.1) is 5.41 Å². The first kappa shape index (κ1) is 15.6. The Kier molecular flexibility index (Phi) is 6.45. The standard InChI is InChI=1S/C14H24N4O/c1-4-11(2)18(8-9-19-3)10-12-6-5-7-17-13(12)14(15)16/h5-7,11H,4,8-10H2,1-3H3,(H3,15,16). The van der Waals surface area contributed by atoms with Crippen molar-refractivity contribution in [2.24, 2.45) is 5.73 Å². The van der Waals surface area contributed by atoms with Crippen LogP contribution < -0.4 is 5.73 Å². The van der Waals surface area contributed by atoms with Gasteiger partial charge in [0.25, 0.3) is 0 Å². The van der Waals surface area contributed by atoms with Crippen LogP contribution in [-0.4, -0.2) is 42.0 Å². The highest BCUT2D eigenvalue weighted by Crippen LogP contribution is 2.13. The minimum atomic E-state index is 0.0199. The molecule has 1 unspecified atom stereocenters. The number of rotatable bonds is 8. The van der Waals surface area contributed by atoms with E-state index in [2.05, 4.69) is 23.7 Å². The maximum atomic E-state index is 7.58. The number of nitrogens with zero attached hydrogens (tertiary/aromatic N) is 2. The van der Waals surface area contributed by atoms with Gasteiger partial charge in [-0.05, 0) is 25.0 Å². The summed E-state index contributed by atoms with van der Waals surface area (Å²) in [5.41, 5.74) is 7.15. The SMILES string of the molecule is CCC(C)N(CCOC)Cc1cccnc1C(=N)N. The van der Waals surface area contributed by atoms with Crippen LogP contribution in [0.5, 0.6) is 0 Å². The Bertz CT molecular complexity index is 408. The Labute approximate surface area is 115 Å². The molecule has 1 rings (SSSR count). The number of nitrogens with one attached hydrogen (secondary N) is 1. The molecule has 0 aliphatic rings. The van der Waals surface area contributed by atoms with Crippen molar-refractivity contribution in [1.82, 2.24) is 9.88 Å². The van der Waals surface area contributed by atoms with Crippen molar-refractivity contribution in [3.63, 3.8) is 0 Å². The van der Waals surface area contributed by atoms with E-state index in [4.69, 9.17) is 15.9 Å². The molecule has 106 valence electrons. The average molecular weight is 264 g/mol. The Morgan fingerprint density at radius 3 is 2.89 bits per heavy atom. The normalized spacial score (nSPS) is 12.6. The second kappa shape index (κ2) is 7.86. The van der Waals surface area contributed by atoms with Gasteiger partial charge in [0.15, 0.2) is 0 Å². The van der Waals surface area contributed by atoms with Crippen LogP contribution in [0.2, 0.25) is 0 Å². The summed E-state index contributed by atoms with van der Waals surface area (Å²) in [5.74, 6) is 0.0199. The van der Waals surface area contributed by atoms with Crippen LogP contribution in [0.15, 0.2) is 18.3 Å². The van der Waals surface area contributed by atoms with Crippen molar-refractivity contribution in [2.75, 3.05) is 20.3 Å². The molecule has 0 spiro atoms. The summed E-state index contributed by atoms with van der Waals surface area (Å²) in [4.78, 5) is 6.52. The van der Waals surface area contributed by atoms with Crippen LogP contribution in [0.4, 0.5) is 0 Å². The molecule has 19 heavy (non-hydrogen) atoms. The third-order valence-electron chi connectivity index (χ3n) is 3.32. The third-order valence-corrected chi connectivity index (χ3v) is 3.32. The number of amidine groups is 1. The maximum Gasteiger partial charge on any atom is 0.142 e. The van der Waals surface area contributed by atoms with Crippen molar-refractivity contribution in [2.45, 2.75) is 32.9 Å². The third kappa shape index (κ3) is 4.61. The summed E-state index contributed by atoms with van der Waals surface area (Å²) in [5, 5.41) is 7.58. The van der Waals surface area contributed by atoms with Gasteiger partial charge >= 0.3 is 0 Å². The largest absolute Gasteiger partial charge is 0.383 e. The van der Waals surface area contributed by atoms with E-state index in [0.717, 1.165) is 25.1 Å². The number of hydrogen-bond donors (Lipinski definition) is 2.